The van der Waals surface area contributed by atoms with Gasteiger partial charge in [-0.3, -0.25) is 9.59 Å². The first-order chi connectivity index (χ1) is 19.7. The zero-order valence-electron chi connectivity index (χ0n) is 23.7. The van der Waals surface area contributed by atoms with E-state index >= 15 is 0 Å². The van der Waals surface area contributed by atoms with Crippen LogP contribution in [0.1, 0.15) is 68.5 Å². The van der Waals surface area contributed by atoms with Gasteiger partial charge in [-0.25, -0.2) is 8.78 Å². The number of hydrogen-bond acceptors (Lipinski definition) is 7. The fraction of sp³-hybridized carbons (Fsp3) is 0.452. The van der Waals surface area contributed by atoms with Gasteiger partial charge in [0.15, 0.2) is 17.3 Å². The van der Waals surface area contributed by atoms with Gasteiger partial charge in [-0.2, -0.15) is 5.26 Å². The molecular formula is C31H33F2N3O6. The van der Waals surface area contributed by atoms with Gasteiger partial charge in [0.25, 0.3) is 5.91 Å². The van der Waals surface area contributed by atoms with E-state index in [1.807, 2.05) is 0 Å². The molecular weight excluding hydrogens is 548 g/mol. The number of furan rings is 1. The van der Waals surface area contributed by atoms with Crippen molar-refractivity contribution in [3.05, 3.63) is 47.7 Å². The summed E-state index contributed by atoms with van der Waals surface area (Å²) in [7, 11) is 1.49. The van der Waals surface area contributed by atoms with Gasteiger partial charge in [-0.15, -0.1) is 0 Å². The summed E-state index contributed by atoms with van der Waals surface area (Å²) in [5.74, 6) is -3.87. The smallest absolute Gasteiger partial charge is 0.284 e. The highest BCUT2D eigenvalue weighted by Crippen LogP contribution is 2.50. The summed E-state index contributed by atoms with van der Waals surface area (Å²) in [5.41, 5.74) is 3.93. The molecule has 2 aliphatic rings. The number of methoxy groups -OCH3 is 1. The molecule has 9 nitrogen and oxygen atoms in total. The standard InChI is InChI=1S/C31H33F2N3O6/c1-28(2,39)17-41-21-7-5-19(15-23(21)40-3)18-4-6-20-22(14-18)42-25(26(35)37)24(20)30(10-12-31(32,33)13-11-30)27(38)36-29(16-34)8-9-29/h4-7,14-15,39H,8-13,17H2,1-3H3,(H2,35,37)(H,36,38). The van der Waals surface area contributed by atoms with Crippen molar-refractivity contribution in [3.8, 4) is 28.7 Å². The lowest BCUT2D eigenvalue weighted by atomic mass is 9.66. The van der Waals surface area contributed by atoms with E-state index < -0.39 is 47.1 Å². The van der Waals surface area contributed by atoms with Crippen LogP contribution in [0, 0.1) is 11.3 Å². The summed E-state index contributed by atoms with van der Waals surface area (Å²) in [6.07, 6.45) is -0.689. The minimum atomic E-state index is -2.96. The molecule has 2 amide bonds. The molecule has 1 aromatic heterocycles. The van der Waals surface area contributed by atoms with Crippen molar-refractivity contribution in [1.82, 2.24) is 5.32 Å². The average Bonchev–Trinajstić information content (AvgIpc) is 3.60. The van der Waals surface area contributed by atoms with E-state index in [0.29, 0.717) is 35.3 Å². The summed E-state index contributed by atoms with van der Waals surface area (Å²) in [5, 5.41) is 22.7. The Kier molecular flexibility index (Phi) is 7.18. The monoisotopic (exact) mass is 581 g/mol. The van der Waals surface area contributed by atoms with Crippen molar-refractivity contribution in [3.63, 3.8) is 0 Å². The topological polar surface area (TPSA) is 148 Å². The summed E-state index contributed by atoms with van der Waals surface area (Å²) < 4.78 is 45.8. The number of ether oxygens (including phenoxy) is 2. The van der Waals surface area contributed by atoms with Gasteiger partial charge in [0, 0.05) is 23.8 Å². The Morgan fingerprint density at radius 1 is 1.07 bits per heavy atom. The SMILES string of the molecule is COc1cc(-c2ccc3c(C4(C(=O)NC5(C#N)CC5)CCC(F)(F)CC4)c(C(N)=O)oc3c2)ccc1OCC(C)(C)O. The minimum Gasteiger partial charge on any atom is -0.493 e. The molecule has 5 rings (SSSR count). The van der Waals surface area contributed by atoms with E-state index in [2.05, 4.69) is 11.4 Å². The van der Waals surface area contributed by atoms with Crippen LogP contribution in [-0.4, -0.2) is 47.7 Å². The van der Waals surface area contributed by atoms with Gasteiger partial charge >= 0.3 is 0 Å². The number of halogens is 2. The fourth-order valence-corrected chi connectivity index (χ4v) is 5.51. The lowest BCUT2D eigenvalue weighted by Gasteiger charge is -2.39. The highest BCUT2D eigenvalue weighted by Gasteiger charge is 2.55. The Morgan fingerprint density at radius 2 is 1.71 bits per heavy atom. The Labute approximate surface area is 241 Å². The molecule has 42 heavy (non-hydrogen) atoms. The average molecular weight is 582 g/mol. The molecule has 1 heterocycles. The maximum atomic E-state index is 14.3. The number of alkyl halides is 2. The molecule has 0 spiro atoms. The lowest BCUT2D eigenvalue weighted by molar-refractivity contribution is -0.132. The zero-order chi connectivity index (χ0) is 30.5. The van der Waals surface area contributed by atoms with E-state index in [1.165, 1.54) is 7.11 Å². The third kappa shape index (κ3) is 5.51. The molecule has 2 saturated carbocycles. The number of nitrogens with zero attached hydrogens (tertiary/aromatic N) is 1. The maximum absolute atomic E-state index is 14.3. The number of carbonyl (C=O) groups excluding carboxylic acids is 2. The minimum absolute atomic E-state index is 0.0521. The van der Waals surface area contributed by atoms with Crippen LogP contribution in [0.25, 0.3) is 22.1 Å². The van der Waals surface area contributed by atoms with E-state index in [9.17, 15) is 28.7 Å². The molecule has 0 atom stereocenters. The van der Waals surface area contributed by atoms with E-state index in [1.54, 1.807) is 50.2 Å². The molecule has 0 bridgehead atoms. The number of aliphatic hydroxyl groups is 1. The Balaban J connectivity index is 1.58. The number of benzene rings is 2. The van der Waals surface area contributed by atoms with E-state index in [4.69, 9.17) is 19.6 Å². The van der Waals surface area contributed by atoms with Gasteiger partial charge in [0.2, 0.25) is 11.8 Å². The van der Waals surface area contributed by atoms with Crippen LogP contribution in [0.4, 0.5) is 8.78 Å². The molecule has 11 heteroatoms. The quantitative estimate of drug-likeness (QED) is 0.323. The molecule has 0 radical (unpaired) electrons. The fourth-order valence-electron chi connectivity index (χ4n) is 5.51. The van der Waals surface area contributed by atoms with Crippen molar-refractivity contribution in [2.75, 3.05) is 13.7 Å². The van der Waals surface area contributed by atoms with Gasteiger partial charge in [-0.05, 0) is 68.9 Å². The second kappa shape index (κ2) is 10.3. The van der Waals surface area contributed by atoms with Gasteiger partial charge in [-0.1, -0.05) is 18.2 Å². The summed E-state index contributed by atoms with van der Waals surface area (Å²) in [4.78, 5) is 26.5. The molecule has 4 N–H and O–H groups in total. The number of fused-ring (bicyclic) bond motifs is 1. The van der Waals surface area contributed by atoms with Crippen molar-refractivity contribution in [2.24, 2.45) is 5.73 Å². The molecule has 0 saturated heterocycles. The van der Waals surface area contributed by atoms with E-state index in [-0.39, 0.29) is 36.4 Å². The first kappa shape index (κ1) is 29.3. The van der Waals surface area contributed by atoms with Gasteiger partial charge in [0.05, 0.1) is 24.2 Å². The maximum Gasteiger partial charge on any atom is 0.284 e. The van der Waals surface area contributed by atoms with Crippen LogP contribution in [0.2, 0.25) is 0 Å². The van der Waals surface area contributed by atoms with E-state index in [0.717, 1.165) is 5.56 Å². The third-order valence-corrected chi connectivity index (χ3v) is 8.06. The number of nitriles is 1. The second-order valence-electron chi connectivity index (χ2n) is 11.9. The van der Waals surface area contributed by atoms with Crippen molar-refractivity contribution in [1.29, 1.82) is 5.26 Å². The summed E-state index contributed by atoms with van der Waals surface area (Å²) in [6, 6.07) is 12.5. The van der Waals surface area contributed by atoms with Crippen LogP contribution in [0.15, 0.2) is 40.8 Å². The lowest BCUT2D eigenvalue weighted by Crippen LogP contribution is -2.52. The highest BCUT2D eigenvalue weighted by molar-refractivity contribution is 6.04. The van der Waals surface area contributed by atoms with Crippen molar-refractivity contribution < 1.29 is 37.4 Å². The third-order valence-electron chi connectivity index (χ3n) is 8.06. The van der Waals surface area contributed by atoms with Gasteiger partial charge in [0.1, 0.15) is 17.7 Å². The molecule has 2 fully saturated rings. The summed E-state index contributed by atoms with van der Waals surface area (Å²) in [6.45, 7) is 3.30. The van der Waals surface area contributed by atoms with Crippen LogP contribution in [0.3, 0.4) is 0 Å². The van der Waals surface area contributed by atoms with Crippen LogP contribution in [0.5, 0.6) is 11.5 Å². The molecule has 0 unspecified atom stereocenters. The Hall–Kier alpha value is -4.17. The van der Waals surface area contributed by atoms with Gasteiger partial charge < -0.3 is 30.0 Å². The number of amides is 2. The first-order valence-corrected chi connectivity index (χ1v) is 13.7. The first-order valence-electron chi connectivity index (χ1n) is 13.7. The number of nitrogens with one attached hydrogen (secondary N) is 1. The van der Waals surface area contributed by atoms with Crippen LogP contribution in [-0.2, 0) is 10.2 Å². The molecule has 3 aromatic rings. The number of primary amides is 1. The number of rotatable bonds is 9. The predicted octanol–water partition coefficient (Wildman–Crippen LogP) is 4.98. The molecule has 2 aliphatic carbocycles. The number of carbonyl (C=O) groups is 2. The highest BCUT2D eigenvalue weighted by atomic mass is 19.3. The summed E-state index contributed by atoms with van der Waals surface area (Å²) >= 11 is 0. The molecule has 0 aliphatic heterocycles. The Bertz CT molecular complexity index is 1590. The predicted molar refractivity (Wildman–Crippen MR) is 149 cm³/mol. The number of hydrogen-bond donors (Lipinski definition) is 3. The Morgan fingerprint density at radius 3 is 2.29 bits per heavy atom. The number of nitrogens with two attached hydrogens (primary N) is 1. The van der Waals surface area contributed by atoms with Crippen LogP contribution < -0.4 is 20.5 Å². The molecule has 2 aromatic carbocycles. The second-order valence-corrected chi connectivity index (χ2v) is 11.9. The zero-order valence-corrected chi connectivity index (χ0v) is 23.7. The normalized spacial score (nSPS) is 18.6. The largest absolute Gasteiger partial charge is 0.493 e. The molecule has 222 valence electrons. The van der Waals surface area contributed by atoms with Crippen molar-refractivity contribution in [2.45, 2.75) is 74.8 Å². The van der Waals surface area contributed by atoms with Crippen molar-refractivity contribution >= 4 is 22.8 Å². The van der Waals surface area contributed by atoms with Crippen LogP contribution >= 0.6 is 0 Å².